The van der Waals surface area contributed by atoms with Crippen LogP contribution in [0.1, 0.15) is 21.5 Å². The first kappa shape index (κ1) is 25.5. The number of carbonyl (C=O) groups is 2. The molecule has 0 bridgehead atoms. The molecule has 1 fully saturated rings. The normalized spacial score (nSPS) is 15.4. The summed E-state index contributed by atoms with van der Waals surface area (Å²) in [6.07, 6.45) is 1.79. The summed E-state index contributed by atoms with van der Waals surface area (Å²) in [4.78, 5) is 31.1. The summed E-state index contributed by atoms with van der Waals surface area (Å²) in [5.74, 6) is 0.569. The number of rotatable bonds is 7. The number of hydrogen-bond acceptors (Lipinski definition) is 7. The van der Waals surface area contributed by atoms with Crippen LogP contribution in [-0.4, -0.2) is 43.2 Å². The lowest BCUT2D eigenvalue weighted by atomic mass is 10.1. The Morgan fingerprint density at radius 3 is 2.44 bits per heavy atom. The number of methoxy groups -OCH3 is 2. The van der Waals surface area contributed by atoms with Gasteiger partial charge in [0.1, 0.15) is 6.61 Å². The number of nitrogens with zero attached hydrogens (tertiary/aromatic N) is 2. The molecule has 1 saturated heterocycles. The maximum Gasteiger partial charge on any atom is 0.337 e. The molecule has 0 spiro atoms. The van der Waals surface area contributed by atoms with E-state index in [9.17, 15) is 9.59 Å². The fraction of sp³-hybridized carbons (Fsp3) is 0.148. The third-order valence-corrected chi connectivity index (χ3v) is 7.07. The Morgan fingerprint density at radius 1 is 1.06 bits per heavy atom. The first-order chi connectivity index (χ1) is 17.4. The van der Waals surface area contributed by atoms with Gasteiger partial charge in [0.2, 0.25) is 0 Å². The molecule has 9 heteroatoms. The second-order valence-electron chi connectivity index (χ2n) is 7.71. The van der Waals surface area contributed by atoms with Crippen molar-refractivity contribution in [3.05, 3.63) is 92.8 Å². The van der Waals surface area contributed by atoms with Crippen LogP contribution >= 0.6 is 27.7 Å². The minimum atomic E-state index is -0.417. The summed E-state index contributed by atoms with van der Waals surface area (Å²) >= 11 is 4.86. The van der Waals surface area contributed by atoms with Crippen molar-refractivity contribution >= 4 is 56.5 Å². The van der Waals surface area contributed by atoms with Crippen LogP contribution < -0.4 is 9.47 Å². The Kier molecular flexibility index (Phi) is 8.12. The Balaban J connectivity index is 1.55. The lowest BCUT2D eigenvalue weighted by Crippen LogP contribution is -2.23. The second kappa shape index (κ2) is 11.5. The average molecular weight is 567 g/mol. The van der Waals surface area contributed by atoms with Crippen molar-refractivity contribution in [2.45, 2.75) is 6.61 Å². The summed E-state index contributed by atoms with van der Waals surface area (Å²) in [6.45, 7) is 0.406. The van der Waals surface area contributed by atoms with Crippen molar-refractivity contribution in [1.82, 2.24) is 4.90 Å². The monoisotopic (exact) mass is 566 g/mol. The van der Waals surface area contributed by atoms with E-state index in [-0.39, 0.29) is 5.91 Å². The second-order valence-corrected chi connectivity index (χ2v) is 9.57. The Bertz CT molecular complexity index is 1340. The third-order valence-electron chi connectivity index (χ3n) is 5.32. The lowest BCUT2D eigenvalue weighted by Gasteiger charge is -2.13. The fourth-order valence-electron chi connectivity index (χ4n) is 3.36. The Labute approximate surface area is 221 Å². The fourth-order valence-corrected chi connectivity index (χ4v) is 4.78. The first-order valence-electron chi connectivity index (χ1n) is 10.9. The van der Waals surface area contributed by atoms with Gasteiger partial charge in [0.15, 0.2) is 16.7 Å². The molecule has 3 aromatic rings. The molecule has 3 aromatic carbocycles. The quantitative estimate of drug-likeness (QED) is 0.255. The molecule has 0 radical (unpaired) electrons. The third kappa shape index (κ3) is 5.80. The molecule has 184 valence electrons. The van der Waals surface area contributed by atoms with Gasteiger partial charge in [-0.05, 0) is 65.4 Å². The zero-order chi connectivity index (χ0) is 25.7. The molecule has 36 heavy (non-hydrogen) atoms. The highest BCUT2D eigenvalue weighted by Crippen LogP contribution is 2.38. The molecule has 0 atom stereocenters. The number of ether oxygens (including phenoxy) is 3. The highest BCUT2D eigenvalue weighted by atomic mass is 79.9. The predicted octanol–water partition coefficient (Wildman–Crippen LogP) is 6.06. The Morgan fingerprint density at radius 2 is 1.78 bits per heavy atom. The maximum atomic E-state index is 12.9. The van der Waals surface area contributed by atoms with Crippen LogP contribution in [0.4, 0.5) is 5.69 Å². The van der Waals surface area contributed by atoms with Crippen LogP contribution in [0.3, 0.4) is 0 Å². The molecule has 1 aliphatic heterocycles. The minimum absolute atomic E-state index is 0.166. The number of benzene rings is 3. The molecule has 1 amide bonds. The molecular weight excluding hydrogens is 544 g/mol. The van der Waals surface area contributed by atoms with E-state index in [0.717, 1.165) is 15.6 Å². The smallest absolute Gasteiger partial charge is 0.337 e. The molecule has 4 rings (SSSR count). The lowest BCUT2D eigenvalue weighted by molar-refractivity contribution is -0.121. The molecule has 0 aromatic heterocycles. The summed E-state index contributed by atoms with van der Waals surface area (Å²) in [6, 6.07) is 20.2. The Hall–Kier alpha value is -3.56. The molecule has 0 unspecified atom stereocenters. The molecular formula is C27H23BrN2O5S. The predicted molar refractivity (Wildman–Crippen MR) is 145 cm³/mol. The van der Waals surface area contributed by atoms with E-state index in [1.54, 1.807) is 44.5 Å². The van der Waals surface area contributed by atoms with E-state index < -0.39 is 5.97 Å². The van der Waals surface area contributed by atoms with Crippen LogP contribution in [0, 0.1) is 0 Å². The van der Waals surface area contributed by atoms with Gasteiger partial charge in [0.25, 0.3) is 5.91 Å². The molecule has 7 nitrogen and oxygen atoms in total. The van der Waals surface area contributed by atoms with Crippen molar-refractivity contribution < 1.29 is 23.8 Å². The van der Waals surface area contributed by atoms with E-state index in [1.165, 1.54) is 23.8 Å². The standard InChI is InChI=1S/C27H23BrN2O5S/c1-30-25(31)24(36-27(30)29-20-11-9-18(10-12-20)26(32)34-3)14-19-13-22(33-2)23(15-21(19)28)35-16-17-7-5-4-6-8-17/h4-15H,16H2,1-3H3/b24-14-,29-27?. The van der Waals surface area contributed by atoms with Crippen molar-refractivity contribution in [3.8, 4) is 11.5 Å². The van der Waals surface area contributed by atoms with Crippen molar-refractivity contribution in [1.29, 1.82) is 0 Å². The summed E-state index contributed by atoms with van der Waals surface area (Å²) < 4.78 is 17.0. The van der Waals surface area contributed by atoms with Gasteiger partial charge in [0.05, 0.1) is 30.4 Å². The largest absolute Gasteiger partial charge is 0.493 e. The van der Waals surface area contributed by atoms with Crippen molar-refractivity contribution in [3.63, 3.8) is 0 Å². The van der Waals surface area contributed by atoms with E-state index in [1.807, 2.05) is 42.5 Å². The van der Waals surface area contributed by atoms with Gasteiger partial charge in [0, 0.05) is 11.5 Å². The number of carbonyl (C=O) groups excluding carboxylic acids is 2. The number of esters is 1. The molecule has 1 heterocycles. The summed E-state index contributed by atoms with van der Waals surface area (Å²) in [7, 11) is 4.59. The zero-order valence-corrected chi connectivity index (χ0v) is 22.3. The van der Waals surface area contributed by atoms with Crippen LogP contribution in [0.25, 0.3) is 6.08 Å². The van der Waals surface area contributed by atoms with Crippen molar-refractivity contribution in [2.24, 2.45) is 4.99 Å². The topological polar surface area (TPSA) is 77.4 Å². The minimum Gasteiger partial charge on any atom is -0.493 e. The van der Waals surface area contributed by atoms with Crippen LogP contribution in [0.2, 0.25) is 0 Å². The number of hydrogen-bond donors (Lipinski definition) is 0. The van der Waals surface area contributed by atoms with E-state index >= 15 is 0 Å². The summed E-state index contributed by atoms with van der Waals surface area (Å²) in [5.41, 5.74) is 2.87. The molecule has 0 N–H and O–H groups in total. The van der Waals surface area contributed by atoms with E-state index in [2.05, 4.69) is 20.9 Å². The van der Waals surface area contributed by atoms with E-state index in [0.29, 0.717) is 39.4 Å². The van der Waals surface area contributed by atoms with Crippen molar-refractivity contribution in [2.75, 3.05) is 21.3 Å². The highest BCUT2D eigenvalue weighted by molar-refractivity contribution is 9.10. The summed E-state index contributed by atoms with van der Waals surface area (Å²) in [5, 5.41) is 0.531. The highest BCUT2D eigenvalue weighted by Gasteiger charge is 2.30. The van der Waals surface area contributed by atoms with E-state index in [4.69, 9.17) is 14.2 Å². The van der Waals surface area contributed by atoms with Crippen LogP contribution in [0.5, 0.6) is 11.5 Å². The molecule has 0 aliphatic carbocycles. The number of aliphatic imine (C=N–C) groups is 1. The van der Waals surface area contributed by atoms with Gasteiger partial charge in [-0.1, -0.05) is 46.3 Å². The average Bonchev–Trinajstić information content (AvgIpc) is 3.16. The van der Waals surface area contributed by atoms with Gasteiger partial charge in [-0.25, -0.2) is 9.79 Å². The number of halogens is 1. The number of amidine groups is 1. The zero-order valence-electron chi connectivity index (χ0n) is 19.9. The SMILES string of the molecule is COC(=O)c1ccc(N=C2S/C(=C\c3cc(OC)c(OCc4ccccc4)cc3Br)C(=O)N2C)cc1. The number of likely N-dealkylation sites (N-methyl/N-ethyl adjacent to an activating group) is 1. The van der Waals surface area contributed by atoms with Gasteiger partial charge >= 0.3 is 5.97 Å². The van der Waals surface area contributed by atoms with Gasteiger partial charge in [-0.2, -0.15) is 0 Å². The molecule has 0 saturated carbocycles. The van der Waals surface area contributed by atoms with Gasteiger partial charge in [-0.3, -0.25) is 9.69 Å². The number of amides is 1. The maximum absolute atomic E-state index is 12.9. The molecule has 1 aliphatic rings. The van der Waals surface area contributed by atoms with Crippen LogP contribution in [-0.2, 0) is 16.1 Å². The van der Waals surface area contributed by atoms with Crippen LogP contribution in [0.15, 0.2) is 81.1 Å². The van der Waals surface area contributed by atoms with Gasteiger partial charge < -0.3 is 14.2 Å². The first-order valence-corrected chi connectivity index (χ1v) is 12.5. The number of thioether (sulfide) groups is 1. The van der Waals surface area contributed by atoms with Gasteiger partial charge in [-0.15, -0.1) is 0 Å².